The van der Waals surface area contributed by atoms with E-state index in [2.05, 4.69) is 0 Å². The highest BCUT2D eigenvalue weighted by molar-refractivity contribution is 5.66. The summed E-state index contributed by atoms with van der Waals surface area (Å²) in [4.78, 5) is 18.2. The molecule has 0 N–H and O–H groups in total. The van der Waals surface area contributed by atoms with Crippen LogP contribution in [0.3, 0.4) is 0 Å². The second-order valence-electron chi connectivity index (χ2n) is 8.23. The maximum Gasteiger partial charge on any atom is 0.267 e. The van der Waals surface area contributed by atoms with Crippen molar-refractivity contribution in [3.63, 3.8) is 0 Å². The minimum absolute atomic E-state index is 0.218. The number of hydrogen-bond donors (Lipinski definition) is 0. The van der Waals surface area contributed by atoms with E-state index in [1.165, 1.54) is 16.5 Å². The van der Waals surface area contributed by atoms with Crippen LogP contribution in [0.5, 0.6) is 5.75 Å². The first-order chi connectivity index (χ1) is 16.4. The number of pyridine rings is 1. The second-order valence-corrected chi connectivity index (χ2v) is 8.23. The van der Waals surface area contributed by atoms with Crippen molar-refractivity contribution in [2.75, 3.05) is 0 Å². The Morgan fingerprint density at radius 3 is 2.50 bits per heavy atom. The van der Waals surface area contributed by atoms with E-state index in [0.29, 0.717) is 28.3 Å². The minimum Gasteiger partial charge on any atom is -0.485 e. The van der Waals surface area contributed by atoms with E-state index < -0.39 is 0 Å². The number of halogens is 1. The molecule has 0 spiro atoms. The summed E-state index contributed by atoms with van der Waals surface area (Å²) in [6, 6.07) is 19.5. The molecule has 0 aliphatic heterocycles. The third kappa shape index (κ3) is 3.85. The van der Waals surface area contributed by atoms with Gasteiger partial charge in [-0.2, -0.15) is 5.10 Å². The number of benzene rings is 2. The molecule has 0 fully saturated rings. The van der Waals surface area contributed by atoms with Gasteiger partial charge in [-0.3, -0.25) is 9.20 Å². The van der Waals surface area contributed by atoms with Crippen molar-refractivity contribution in [1.82, 2.24) is 19.2 Å². The molecular weight excluding hydrogens is 431 g/mol. The normalized spacial score (nSPS) is 11.2. The van der Waals surface area contributed by atoms with Crippen molar-refractivity contribution in [3.05, 3.63) is 112 Å². The molecule has 3 heterocycles. The Balaban J connectivity index is 1.55. The van der Waals surface area contributed by atoms with Crippen LogP contribution >= 0.6 is 0 Å². The molecule has 0 atom stereocenters. The van der Waals surface area contributed by atoms with Crippen LogP contribution in [0.4, 0.5) is 4.39 Å². The molecule has 0 radical (unpaired) electrons. The predicted octanol–water partition coefficient (Wildman–Crippen LogP) is 5.19. The van der Waals surface area contributed by atoms with Crippen molar-refractivity contribution >= 4 is 5.65 Å². The van der Waals surface area contributed by atoms with Gasteiger partial charge in [0.2, 0.25) is 0 Å². The fourth-order valence-corrected chi connectivity index (χ4v) is 4.03. The first-order valence-electron chi connectivity index (χ1n) is 10.9. The van der Waals surface area contributed by atoms with Crippen LogP contribution in [0.15, 0.2) is 77.7 Å². The average Bonchev–Trinajstić information content (AvgIpc) is 3.20. The molecule has 0 amide bonds. The number of aromatic nitrogens is 4. The lowest BCUT2D eigenvalue weighted by Gasteiger charge is -2.12. The van der Waals surface area contributed by atoms with Crippen molar-refractivity contribution in [3.8, 4) is 22.7 Å². The third-order valence-electron chi connectivity index (χ3n) is 5.79. The number of rotatable bonds is 5. The monoisotopic (exact) mass is 454 g/mol. The molecule has 7 heteroatoms. The highest BCUT2D eigenvalue weighted by Gasteiger charge is 2.18. The summed E-state index contributed by atoms with van der Waals surface area (Å²) < 4.78 is 22.4. The van der Waals surface area contributed by atoms with Gasteiger partial charge >= 0.3 is 0 Å². The van der Waals surface area contributed by atoms with Crippen LogP contribution in [-0.4, -0.2) is 19.2 Å². The first-order valence-corrected chi connectivity index (χ1v) is 10.9. The lowest BCUT2D eigenvalue weighted by molar-refractivity contribution is 0.307. The second kappa shape index (κ2) is 8.59. The summed E-state index contributed by atoms with van der Waals surface area (Å²) in [5.74, 6) is 0.172. The average molecular weight is 455 g/mol. The molecule has 0 aliphatic carbocycles. The molecule has 0 aliphatic rings. The van der Waals surface area contributed by atoms with Crippen LogP contribution < -0.4 is 10.3 Å². The van der Waals surface area contributed by atoms with Gasteiger partial charge in [0, 0.05) is 11.9 Å². The Kier molecular flexibility index (Phi) is 5.45. The molecule has 5 rings (SSSR count). The highest BCUT2D eigenvalue weighted by atomic mass is 19.1. The number of hydrogen-bond acceptors (Lipinski definition) is 4. The standard InChI is InChI=1S/C27H23FN4O2/c1-17-7-4-5-8-23(17)32-18(2)15-22(30-32)25-19(3)29-26-24(9-6-14-31(26)27(25)33)34-16-20-10-12-21(28)13-11-20/h4-15H,16H2,1-3H3. The zero-order valence-corrected chi connectivity index (χ0v) is 19.1. The summed E-state index contributed by atoms with van der Waals surface area (Å²) >= 11 is 0. The van der Waals surface area contributed by atoms with Gasteiger partial charge in [-0.15, -0.1) is 0 Å². The van der Waals surface area contributed by atoms with Crippen molar-refractivity contribution in [2.24, 2.45) is 0 Å². The molecule has 0 bridgehead atoms. The molecule has 34 heavy (non-hydrogen) atoms. The number of para-hydroxylation sites is 1. The van der Waals surface area contributed by atoms with E-state index in [4.69, 9.17) is 14.8 Å². The SMILES string of the molecule is Cc1ccccc1-n1nc(-c2c(C)nc3c(OCc4ccc(F)cc4)cccn3c2=O)cc1C. The molecule has 0 saturated heterocycles. The van der Waals surface area contributed by atoms with E-state index in [-0.39, 0.29) is 18.0 Å². The van der Waals surface area contributed by atoms with Crippen LogP contribution in [0, 0.1) is 26.6 Å². The van der Waals surface area contributed by atoms with Gasteiger partial charge in [0.05, 0.1) is 16.9 Å². The van der Waals surface area contributed by atoms with Crippen LogP contribution in [0.25, 0.3) is 22.6 Å². The van der Waals surface area contributed by atoms with Gasteiger partial charge in [0.15, 0.2) is 11.4 Å². The highest BCUT2D eigenvalue weighted by Crippen LogP contribution is 2.25. The van der Waals surface area contributed by atoms with Gasteiger partial charge in [0.1, 0.15) is 18.1 Å². The summed E-state index contributed by atoms with van der Waals surface area (Å²) in [6.45, 7) is 6.03. The fraction of sp³-hybridized carbons (Fsp3) is 0.148. The van der Waals surface area contributed by atoms with Crippen LogP contribution in [0.2, 0.25) is 0 Å². The van der Waals surface area contributed by atoms with Crippen LogP contribution in [0.1, 0.15) is 22.5 Å². The zero-order chi connectivity index (χ0) is 23.8. The lowest BCUT2D eigenvalue weighted by atomic mass is 10.1. The number of aryl methyl sites for hydroxylation is 3. The van der Waals surface area contributed by atoms with Gasteiger partial charge in [0.25, 0.3) is 5.56 Å². The Bertz CT molecular complexity index is 1570. The number of nitrogens with zero attached hydrogens (tertiary/aromatic N) is 4. The smallest absolute Gasteiger partial charge is 0.267 e. The lowest BCUT2D eigenvalue weighted by Crippen LogP contribution is -2.19. The summed E-state index contributed by atoms with van der Waals surface area (Å²) in [7, 11) is 0. The van der Waals surface area contributed by atoms with Crippen molar-refractivity contribution < 1.29 is 9.13 Å². The van der Waals surface area contributed by atoms with Gasteiger partial charge in [-0.1, -0.05) is 30.3 Å². The quantitative estimate of drug-likeness (QED) is 0.367. The van der Waals surface area contributed by atoms with Crippen molar-refractivity contribution in [1.29, 1.82) is 0 Å². The Hall–Kier alpha value is -4.26. The van der Waals surface area contributed by atoms with Gasteiger partial charge in [-0.05, 0) is 68.3 Å². The van der Waals surface area contributed by atoms with Gasteiger partial charge < -0.3 is 4.74 Å². The Morgan fingerprint density at radius 1 is 0.971 bits per heavy atom. The van der Waals surface area contributed by atoms with E-state index in [1.807, 2.05) is 48.9 Å². The minimum atomic E-state index is -0.301. The summed E-state index contributed by atoms with van der Waals surface area (Å²) in [5.41, 5.74) is 5.59. The maximum atomic E-state index is 13.5. The van der Waals surface area contributed by atoms with E-state index in [9.17, 15) is 9.18 Å². The van der Waals surface area contributed by atoms with Crippen molar-refractivity contribution in [2.45, 2.75) is 27.4 Å². The largest absolute Gasteiger partial charge is 0.485 e. The molecule has 3 aromatic heterocycles. The topological polar surface area (TPSA) is 61.4 Å². The maximum absolute atomic E-state index is 13.5. The Labute approximate surface area is 195 Å². The predicted molar refractivity (Wildman–Crippen MR) is 129 cm³/mol. The molecule has 2 aromatic carbocycles. The van der Waals surface area contributed by atoms with E-state index >= 15 is 0 Å². The van der Waals surface area contributed by atoms with Crippen LogP contribution in [-0.2, 0) is 6.61 Å². The molecular formula is C27H23FN4O2. The first kappa shape index (κ1) is 21.6. The van der Waals surface area contributed by atoms with E-state index in [1.54, 1.807) is 37.4 Å². The third-order valence-corrected chi connectivity index (χ3v) is 5.79. The van der Waals surface area contributed by atoms with Gasteiger partial charge in [-0.25, -0.2) is 14.1 Å². The number of ether oxygens (including phenoxy) is 1. The molecule has 170 valence electrons. The fourth-order valence-electron chi connectivity index (χ4n) is 4.03. The molecule has 0 unspecified atom stereocenters. The summed E-state index contributed by atoms with van der Waals surface area (Å²) in [6.07, 6.45) is 1.67. The Morgan fingerprint density at radius 2 is 1.74 bits per heavy atom. The number of fused-ring (bicyclic) bond motifs is 1. The molecule has 6 nitrogen and oxygen atoms in total. The molecule has 5 aromatic rings. The molecule has 0 saturated carbocycles. The zero-order valence-electron chi connectivity index (χ0n) is 19.1. The summed E-state index contributed by atoms with van der Waals surface area (Å²) in [5, 5.41) is 4.75. The van der Waals surface area contributed by atoms with E-state index in [0.717, 1.165) is 22.5 Å².